The number of likely N-dealkylation sites (N-methyl/N-ethyl adjacent to an activating group) is 1. The molecule has 21 heavy (non-hydrogen) atoms. The first-order chi connectivity index (χ1) is 9.84. The molecule has 1 atom stereocenters. The normalized spacial score (nSPS) is 19.7. The molecule has 1 aliphatic rings. The van der Waals surface area contributed by atoms with Crippen LogP contribution in [-0.2, 0) is 14.8 Å². The number of sulfonamides is 1. The number of rotatable bonds is 4. The molecule has 1 aromatic rings. The van der Waals surface area contributed by atoms with Crippen LogP contribution in [0.4, 0.5) is 5.69 Å². The summed E-state index contributed by atoms with van der Waals surface area (Å²) < 4.78 is 24.9. The van der Waals surface area contributed by atoms with E-state index in [1.54, 1.807) is 4.90 Å². The molecule has 6 heteroatoms. The van der Waals surface area contributed by atoms with Gasteiger partial charge >= 0.3 is 0 Å². The summed E-state index contributed by atoms with van der Waals surface area (Å²) >= 11 is 0. The van der Waals surface area contributed by atoms with E-state index in [1.807, 2.05) is 38.1 Å². The van der Waals surface area contributed by atoms with Gasteiger partial charge in [-0.25, -0.2) is 8.42 Å². The Morgan fingerprint density at radius 2 is 2.14 bits per heavy atom. The highest BCUT2D eigenvalue weighted by Gasteiger charge is 2.38. The molecule has 1 saturated heterocycles. The molecule has 1 aromatic carbocycles. The average Bonchev–Trinajstić information content (AvgIpc) is 2.88. The number of aryl methyl sites for hydroxylation is 1. The zero-order valence-electron chi connectivity index (χ0n) is 12.7. The highest BCUT2D eigenvalue weighted by molar-refractivity contribution is 7.88. The maximum absolute atomic E-state index is 12.8. The number of nitrogens with zero attached hydrogens (tertiary/aromatic N) is 2. The van der Waals surface area contributed by atoms with E-state index in [4.69, 9.17) is 0 Å². The van der Waals surface area contributed by atoms with Crippen molar-refractivity contribution in [3.8, 4) is 0 Å². The number of hydrogen-bond donors (Lipinski definition) is 0. The van der Waals surface area contributed by atoms with Gasteiger partial charge in [0.2, 0.25) is 15.9 Å². The predicted molar refractivity (Wildman–Crippen MR) is 83.8 cm³/mol. The Labute approximate surface area is 126 Å². The third kappa shape index (κ3) is 3.44. The van der Waals surface area contributed by atoms with Crippen LogP contribution in [0, 0.1) is 6.92 Å². The first-order valence-corrected chi connectivity index (χ1v) is 9.04. The molecule has 0 bridgehead atoms. The first-order valence-electron chi connectivity index (χ1n) is 7.19. The maximum Gasteiger partial charge on any atom is 0.245 e. The Hall–Kier alpha value is -1.40. The van der Waals surface area contributed by atoms with E-state index in [0.29, 0.717) is 19.5 Å². The van der Waals surface area contributed by atoms with E-state index in [1.165, 1.54) is 10.6 Å². The molecule has 0 radical (unpaired) electrons. The van der Waals surface area contributed by atoms with E-state index in [2.05, 4.69) is 0 Å². The summed E-state index contributed by atoms with van der Waals surface area (Å²) in [5.74, 6) is -0.133. The minimum absolute atomic E-state index is 0.133. The fourth-order valence-electron chi connectivity index (χ4n) is 2.83. The number of amides is 1. The molecule has 1 heterocycles. The lowest BCUT2D eigenvalue weighted by Crippen LogP contribution is -2.47. The zero-order valence-corrected chi connectivity index (χ0v) is 13.6. The van der Waals surface area contributed by atoms with Crippen molar-refractivity contribution in [2.24, 2.45) is 0 Å². The van der Waals surface area contributed by atoms with Crippen LogP contribution in [0.5, 0.6) is 0 Å². The molecule has 1 aliphatic heterocycles. The van der Waals surface area contributed by atoms with Gasteiger partial charge < -0.3 is 4.90 Å². The lowest BCUT2D eigenvalue weighted by molar-refractivity contribution is -0.121. The van der Waals surface area contributed by atoms with Gasteiger partial charge in [0.1, 0.15) is 6.04 Å². The number of hydrogen-bond acceptors (Lipinski definition) is 3. The molecule has 116 valence electrons. The van der Waals surface area contributed by atoms with Crippen molar-refractivity contribution in [2.45, 2.75) is 32.7 Å². The molecule has 0 saturated carbocycles. The molecule has 1 amide bonds. The Morgan fingerprint density at radius 1 is 1.43 bits per heavy atom. The smallest absolute Gasteiger partial charge is 0.245 e. The van der Waals surface area contributed by atoms with E-state index >= 15 is 0 Å². The highest BCUT2D eigenvalue weighted by atomic mass is 32.2. The molecule has 0 spiro atoms. The van der Waals surface area contributed by atoms with Gasteiger partial charge in [0.15, 0.2) is 0 Å². The van der Waals surface area contributed by atoms with E-state index in [0.717, 1.165) is 17.7 Å². The maximum atomic E-state index is 12.8. The summed E-state index contributed by atoms with van der Waals surface area (Å²) in [5, 5.41) is 0. The zero-order chi connectivity index (χ0) is 15.6. The van der Waals surface area contributed by atoms with Crippen LogP contribution in [0.2, 0.25) is 0 Å². The van der Waals surface area contributed by atoms with Crippen LogP contribution in [0.25, 0.3) is 0 Å². The molecule has 5 nitrogen and oxygen atoms in total. The van der Waals surface area contributed by atoms with Gasteiger partial charge in [-0.3, -0.25) is 4.79 Å². The van der Waals surface area contributed by atoms with Crippen LogP contribution in [0.3, 0.4) is 0 Å². The van der Waals surface area contributed by atoms with Crippen LogP contribution in [0.1, 0.15) is 25.3 Å². The lowest BCUT2D eigenvalue weighted by Gasteiger charge is -2.28. The molecule has 1 fully saturated rings. The lowest BCUT2D eigenvalue weighted by atomic mass is 10.1. The van der Waals surface area contributed by atoms with Crippen LogP contribution < -0.4 is 4.90 Å². The van der Waals surface area contributed by atoms with Crippen molar-refractivity contribution >= 4 is 21.6 Å². The largest absolute Gasteiger partial charge is 0.311 e. The van der Waals surface area contributed by atoms with Crippen LogP contribution in [0.15, 0.2) is 24.3 Å². The highest BCUT2D eigenvalue weighted by Crippen LogP contribution is 2.25. The quantitative estimate of drug-likeness (QED) is 0.851. The summed E-state index contributed by atoms with van der Waals surface area (Å²) in [6, 6.07) is 7.14. The second kappa shape index (κ2) is 6.15. The van der Waals surface area contributed by atoms with Crippen molar-refractivity contribution in [3.05, 3.63) is 29.8 Å². The van der Waals surface area contributed by atoms with Gasteiger partial charge in [0, 0.05) is 18.8 Å². The molecule has 0 N–H and O–H groups in total. The molecular weight excluding hydrogens is 288 g/mol. The van der Waals surface area contributed by atoms with Crippen molar-refractivity contribution in [1.82, 2.24) is 4.31 Å². The number of carbonyl (C=O) groups is 1. The van der Waals surface area contributed by atoms with Crippen molar-refractivity contribution in [2.75, 3.05) is 24.2 Å². The van der Waals surface area contributed by atoms with Crippen molar-refractivity contribution in [3.63, 3.8) is 0 Å². The van der Waals surface area contributed by atoms with Crippen molar-refractivity contribution < 1.29 is 13.2 Å². The monoisotopic (exact) mass is 310 g/mol. The molecule has 0 aromatic heterocycles. The second-order valence-corrected chi connectivity index (χ2v) is 7.39. The summed E-state index contributed by atoms with van der Waals surface area (Å²) in [6.45, 7) is 4.83. The fourth-order valence-corrected chi connectivity index (χ4v) is 3.94. The topological polar surface area (TPSA) is 57.7 Å². The Kier molecular flexibility index (Phi) is 4.68. The Balaban J connectivity index is 2.28. The van der Waals surface area contributed by atoms with Crippen LogP contribution in [-0.4, -0.2) is 44.0 Å². The number of carbonyl (C=O) groups excluding carboxylic acids is 1. The summed E-state index contributed by atoms with van der Waals surface area (Å²) in [5.41, 5.74) is 1.90. The Morgan fingerprint density at radius 3 is 2.71 bits per heavy atom. The summed E-state index contributed by atoms with van der Waals surface area (Å²) in [6.07, 6.45) is 2.49. The molecule has 2 rings (SSSR count). The van der Waals surface area contributed by atoms with Gasteiger partial charge in [0.05, 0.1) is 6.26 Å². The van der Waals surface area contributed by atoms with Crippen molar-refractivity contribution in [1.29, 1.82) is 0 Å². The molecular formula is C15H22N2O3S. The number of anilines is 1. The van der Waals surface area contributed by atoms with E-state index in [9.17, 15) is 13.2 Å². The van der Waals surface area contributed by atoms with E-state index in [-0.39, 0.29) is 5.91 Å². The summed E-state index contributed by atoms with van der Waals surface area (Å²) in [7, 11) is -3.34. The SMILES string of the molecule is CCN(C(=O)C1CCCN1S(C)(=O)=O)c1cccc(C)c1. The first kappa shape index (κ1) is 16.0. The molecule has 0 aliphatic carbocycles. The minimum Gasteiger partial charge on any atom is -0.311 e. The average molecular weight is 310 g/mol. The third-order valence-corrected chi connectivity index (χ3v) is 5.10. The van der Waals surface area contributed by atoms with E-state index < -0.39 is 16.1 Å². The van der Waals surface area contributed by atoms with Gasteiger partial charge in [-0.1, -0.05) is 12.1 Å². The van der Waals surface area contributed by atoms with Gasteiger partial charge in [0.25, 0.3) is 0 Å². The van der Waals surface area contributed by atoms with Crippen LogP contribution >= 0.6 is 0 Å². The third-order valence-electron chi connectivity index (χ3n) is 3.81. The minimum atomic E-state index is -3.34. The fraction of sp³-hybridized carbons (Fsp3) is 0.533. The predicted octanol–water partition coefficient (Wildman–Crippen LogP) is 1.77. The number of benzene rings is 1. The standard InChI is InChI=1S/C15H22N2O3S/c1-4-16(13-8-5-7-12(2)11-13)15(18)14-9-6-10-17(14)21(3,19)20/h5,7-8,11,14H,4,6,9-10H2,1-3H3. The van der Waals surface area contributed by atoms with Gasteiger partial charge in [-0.2, -0.15) is 4.31 Å². The molecule has 1 unspecified atom stereocenters. The van der Waals surface area contributed by atoms with Gasteiger partial charge in [-0.05, 0) is 44.4 Å². The van der Waals surface area contributed by atoms with Gasteiger partial charge in [-0.15, -0.1) is 0 Å². The Bertz CT molecular complexity index is 628. The summed E-state index contributed by atoms with van der Waals surface area (Å²) in [4.78, 5) is 14.4. The second-order valence-electron chi connectivity index (χ2n) is 5.45.